The Hall–Kier alpha value is -6.07. The van der Waals surface area contributed by atoms with E-state index in [1.165, 1.54) is 50.1 Å². The molecule has 0 saturated heterocycles. The number of benzene rings is 6. The molecule has 4 heterocycles. The maximum Gasteiger partial charge on any atom is 0.239 e. The molecule has 0 saturated carbocycles. The number of nitrogens with zero attached hydrogens (tertiary/aromatic N) is 2. The molecule has 0 atom stereocenters. The molecule has 58 heavy (non-hydrogen) atoms. The van der Waals surface area contributed by atoms with E-state index in [1.807, 2.05) is 54.9 Å². The van der Waals surface area contributed by atoms with E-state index >= 15 is 0 Å². The van der Waals surface area contributed by atoms with Crippen LogP contribution in [0.25, 0.3) is 44.8 Å². The van der Waals surface area contributed by atoms with Gasteiger partial charge in [-0.3, -0.25) is 0 Å². The standard InChI is InChI=1S/C33H25BNO2.C19H16N.Ir/c1-19-15-20(2)31(21(3)16-19)24-17-27(35-18-22(24)4)23-13-14-30-32-33(23)37-29-12-8-6-10-26(29)34(32)25-9-5-7-11-28(25)36-30;1-14-8-10-17(11-9-14)19-12-18(15(2)13-20-19)16-6-4-3-5-7-16;/h5-12,14-18H,1-4H3;3-10,12-13H,1-2H3;/q2*-1;. The Morgan fingerprint density at radius 3 is 1.79 bits per heavy atom. The number of para-hydroxylation sites is 2. The van der Waals surface area contributed by atoms with Gasteiger partial charge in [0.05, 0.1) is 0 Å². The van der Waals surface area contributed by atoms with Gasteiger partial charge in [-0.05, 0) is 114 Å². The van der Waals surface area contributed by atoms with Gasteiger partial charge in [0, 0.05) is 44.0 Å². The van der Waals surface area contributed by atoms with Crippen LogP contribution >= 0.6 is 0 Å². The minimum Gasteiger partial charge on any atom is -0.503 e. The van der Waals surface area contributed by atoms with Crippen LogP contribution in [0.15, 0.2) is 140 Å². The quantitative estimate of drug-likeness (QED) is 0.130. The van der Waals surface area contributed by atoms with Crippen LogP contribution in [-0.4, -0.2) is 16.7 Å². The second kappa shape index (κ2) is 16.1. The third-order valence-electron chi connectivity index (χ3n) is 11.0. The fraction of sp³-hybridized carbons (Fsp3) is 0.115. The maximum absolute atomic E-state index is 6.61. The van der Waals surface area contributed by atoms with Crippen LogP contribution in [-0.2, 0) is 20.1 Å². The van der Waals surface area contributed by atoms with Gasteiger partial charge in [0.1, 0.15) is 11.5 Å². The molecule has 0 bridgehead atoms. The smallest absolute Gasteiger partial charge is 0.239 e. The molecular formula is C52H41BIrN2O2-2. The van der Waals surface area contributed by atoms with E-state index < -0.39 is 0 Å². The summed E-state index contributed by atoms with van der Waals surface area (Å²) in [6, 6.07) is 50.7. The molecule has 6 aromatic carbocycles. The SMILES string of the molecule is Cc1c[c-]c(-c2cc(-c3ccccc3)c(C)cn2)cc1.Cc1cc(C)c(-c2cc(-c3[c-]cc4c5c3Oc3ccccc3B5c3ccccc3O4)ncc2C)c(C)c1.[Ir]. The zero-order valence-corrected chi connectivity index (χ0v) is 35.8. The molecule has 2 aromatic heterocycles. The van der Waals surface area contributed by atoms with E-state index in [0.29, 0.717) is 0 Å². The number of rotatable bonds is 4. The zero-order valence-electron chi connectivity index (χ0n) is 33.4. The maximum atomic E-state index is 6.61. The van der Waals surface area contributed by atoms with Crippen LogP contribution in [0.3, 0.4) is 0 Å². The topological polar surface area (TPSA) is 44.2 Å². The molecular weight excluding hydrogens is 888 g/mol. The summed E-state index contributed by atoms with van der Waals surface area (Å²) in [7, 11) is 0. The van der Waals surface area contributed by atoms with Crippen molar-refractivity contribution in [1.29, 1.82) is 0 Å². The first-order valence-corrected chi connectivity index (χ1v) is 19.4. The molecule has 8 aromatic rings. The van der Waals surface area contributed by atoms with Gasteiger partial charge < -0.3 is 19.4 Å². The van der Waals surface area contributed by atoms with Gasteiger partial charge in [-0.1, -0.05) is 115 Å². The molecule has 0 fully saturated rings. The molecule has 1 radical (unpaired) electrons. The number of aryl methyl sites for hydroxylation is 6. The Morgan fingerprint density at radius 1 is 0.517 bits per heavy atom. The average molecular weight is 929 g/mol. The van der Waals surface area contributed by atoms with Crippen LogP contribution in [0, 0.1) is 53.7 Å². The third kappa shape index (κ3) is 7.19. The summed E-state index contributed by atoms with van der Waals surface area (Å²) in [6.45, 7) is 12.8. The Morgan fingerprint density at radius 2 is 1.12 bits per heavy atom. The minimum absolute atomic E-state index is 0. The summed E-state index contributed by atoms with van der Waals surface area (Å²) < 4.78 is 13.0. The fourth-order valence-corrected chi connectivity index (χ4v) is 8.31. The second-order valence-corrected chi connectivity index (χ2v) is 15.2. The number of fused-ring (bicyclic) bond motifs is 4. The summed E-state index contributed by atoms with van der Waals surface area (Å²) in [5, 5.41) is 0. The molecule has 0 amide bonds. The van der Waals surface area contributed by atoms with Crippen molar-refractivity contribution in [3.05, 3.63) is 185 Å². The van der Waals surface area contributed by atoms with Crippen molar-refractivity contribution >= 4 is 23.1 Å². The van der Waals surface area contributed by atoms with Crippen LogP contribution in [0.5, 0.6) is 23.0 Å². The predicted molar refractivity (Wildman–Crippen MR) is 234 cm³/mol. The van der Waals surface area contributed by atoms with Crippen molar-refractivity contribution in [2.75, 3.05) is 0 Å². The van der Waals surface area contributed by atoms with Crippen LogP contribution in [0.4, 0.5) is 0 Å². The number of hydrogen-bond donors (Lipinski definition) is 0. The average Bonchev–Trinajstić information content (AvgIpc) is 3.22. The molecule has 0 N–H and O–H groups in total. The van der Waals surface area contributed by atoms with Crippen molar-refractivity contribution in [1.82, 2.24) is 9.97 Å². The van der Waals surface area contributed by atoms with E-state index in [2.05, 4.69) is 144 Å². The first kappa shape index (κ1) is 38.8. The molecule has 2 aliphatic heterocycles. The monoisotopic (exact) mass is 929 g/mol. The summed E-state index contributed by atoms with van der Waals surface area (Å²) in [5.74, 6) is 3.30. The van der Waals surface area contributed by atoms with Crippen molar-refractivity contribution in [3.8, 4) is 67.8 Å². The second-order valence-electron chi connectivity index (χ2n) is 15.2. The minimum atomic E-state index is 0. The van der Waals surface area contributed by atoms with E-state index in [1.54, 1.807) is 0 Å². The van der Waals surface area contributed by atoms with Crippen LogP contribution in [0.1, 0.15) is 33.4 Å². The molecule has 0 spiro atoms. The van der Waals surface area contributed by atoms with Crippen molar-refractivity contribution < 1.29 is 29.6 Å². The first-order chi connectivity index (χ1) is 27.7. The molecule has 2 aliphatic rings. The molecule has 6 heteroatoms. The Kier molecular flexibility index (Phi) is 10.7. The number of pyridine rings is 2. The third-order valence-corrected chi connectivity index (χ3v) is 11.0. The molecule has 285 valence electrons. The Bertz CT molecular complexity index is 2780. The first-order valence-electron chi connectivity index (χ1n) is 19.4. The van der Waals surface area contributed by atoms with Crippen molar-refractivity contribution in [3.63, 3.8) is 0 Å². The predicted octanol–water partition coefficient (Wildman–Crippen LogP) is 11.0. The molecule has 0 unspecified atom stereocenters. The van der Waals surface area contributed by atoms with E-state index in [0.717, 1.165) is 67.5 Å². The van der Waals surface area contributed by atoms with Gasteiger partial charge in [0.15, 0.2) is 0 Å². The largest absolute Gasteiger partial charge is 0.503 e. The van der Waals surface area contributed by atoms with Crippen molar-refractivity contribution in [2.24, 2.45) is 0 Å². The van der Waals surface area contributed by atoms with Crippen LogP contribution < -0.4 is 25.9 Å². The van der Waals surface area contributed by atoms with E-state index in [-0.39, 0.29) is 26.8 Å². The molecule has 0 aliphatic carbocycles. The van der Waals surface area contributed by atoms with Gasteiger partial charge in [0.2, 0.25) is 6.71 Å². The van der Waals surface area contributed by atoms with Gasteiger partial charge in [0.25, 0.3) is 0 Å². The fourth-order valence-electron chi connectivity index (χ4n) is 8.31. The molecule has 10 rings (SSSR count). The van der Waals surface area contributed by atoms with E-state index in [9.17, 15) is 0 Å². The summed E-state index contributed by atoms with van der Waals surface area (Å²) >= 11 is 0. The zero-order chi connectivity index (χ0) is 39.2. The Labute approximate surface area is 355 Å². The van der Waals surface area contributed by atoms with Gasteiger partial charge in [-0.25, -0.2) is 0 Å². The number of ether oxygens (including phenoxy) is 2. The number of hydrogen-bond acceptors (Lipinski definition) is 4. The molecule has 4 nitrogen and oxygen atoms in total. The van der Waals surface area contributed by atoms with Crippen molar-refractivity contribution in [2.45, 2.75) is 41.5 Å². The van der Waals surface area contributed by atoms with Gasteiger partial charge >= 0.3 is 0 Å². The summed E-state index contributed by atoms with van der Waals surface area (Å²) in [5.41, 5.74) is 19.3. The van der Waals surface area contributed by atoms with Gasteiger partial charge in [-0.2, -0.15) is 0 Å². The number of aromatic nitrogens is 2. The van der Waals surface area contributed by atoms with Crippen LogP contribution in [0.2, 0.25) is 0 Å². The summed E-state index contributed by atoms with van der Waals surface area (Å²) in [4.78, 5) is 9.40. The van der Waals surface area contributed by atoms with Gasteiger partial charge in [-0.15, -0.1) is 47.5 Å². The summed E-state index contributed by atoms with van der Waals surface area (Å²) in [6.07, 6.45) is 3.90. The van der Waals surface area contributed by atoms with E-state index in [4.69, 9.17) is 14.5 Å². The normalized spacial score (nSPS) is 11.7. The Balaban J connectivity index is 0.000000190.